The van der Waals surface area contributed by atoms with E-state index in [1.54, 1.807) is 11.8 Å². The number of aromatic nitrogens is 1. The molecule has 176 valence electrons. The number of carbonyl (C=O) groups is 1. The Morgan fingerprint density at radius 2 is 1.76 bits per heavy atom. The molecule has 1 aliphatic heterocycles. The first kappa shape index (κ1) is 24.1. The van der Waals surface area contributed by atoms with Gasteiger partial charge >= 0.3 is 0 Å². The van der Waals surface area contributed by atoms with Gasteiger partial charge in [-0.2, -0.15) is 4.31 Å². The minimum atomic E-state index is -3.85. The molecular weight excluding hydrogens is 503 g/mol. The largest absolute Gasteiger partial charge is 0.302 e. The lowest BCUT2D eigenvalue weighted by Gasteiger charge is -2.30. The van der Waals surface area contributed by atoms with E-state index < -0.39 is 19.9 Å². The van der Waals surface area contributed by atoms with Crippen molar-refractivity contribution in [3.63, 3.8) is 0 Å². The maximum absolute atomic E-state index is 13.0. The molecule has 1 N–H and O–H groups in total. The minimum absolute atomic E-state index is 0.0432. The van der Waals surface area contributed by atoms with Crippen LogP contribution in [-0.2, 0) is 24.7 Å². The lowest BCUT2D eigenvalue weighted by Crippen LogP contribution is -2.41. The van der Waals surface area contributed by atoms with Crippen LogP contribution in [0, 0.1) is 5.92 Å². The molecule has 0 atom stereocenters. The number of thioether (sulfide) groups is 1. The van der Waals surface area contributed by atoms with E-state index >= 15 is 0 Å². The Bertz CT molecular complexity index is 1410. The number of para-hydroxylation sites is 1. The fourth-order valence-corrected chi connectivity index (χ4v) is 7.50. The number of thiazole rings is 1. The number of benzene rings is 2. The van der Waals surface area contributed by atoms with Gasteiger partial charge in [0.1, 0.15) is 0 Å². The lowest BCUT2D eigenvalue weighted by molar-refractivity contribution is -0.120. The molecular formula is C21H23N3O5S4. The fraction of sp³-hybridized carbons (Fsp3) is 0.333. The molecule has 33 heavy (non-hydrogen) atoms. The highest BCUT2D eigenvalue weighted by Gasteiger charge is 2.32. The summed E-state index contributed by atoms with van der Waals surface area (Å²) in [4.78, 5) is 18.3. The molecule has 1 amide bonds. The van der Waals surface area contributed by atoms with E-state index in [-0.39, 0.29) is 34.7 Å². The molecule has 3 aromatic rings. The van der Waals surface area contributed by atoms with Crippen molar-refractivity contribution in [1.82, 2.24) is 9.29 Å². The smallest absolute Gasteiger partial charge is 0.243 e. The van der Waals surface area contributed by atoms with E-state index in [0.717, 1.165) is 21.4 Å². The second-order valence-corrected chi connectivity index (χ2v) is 13.6. The first-order chi connectivity index (χ1) is 15.6. The van der Waals surface area contributed by atoms with E-state index in [2.05, 4.69) is 10.3 Å². The van der Waals surface area contributed by atoms with Crippen LogP contribution in [0.2, 0.25) is 0 Å². The van der Waals surface area contributed by atoms with Gasteiger partial charge in [0.2, 0.25) is 15.9 Å². The van der Waals surface area contributed by atoms with Crippen molar-refractivity contribution in [2.45, 2.75) is 27.5 Å². The van der Waals surface area contributed by atoms with Crippen LogP contribution in [0.1, 0.15) is 12.8 Å². The third-order valence-corrected chi connectivity index (χ3v) is 10.2. The quantitative estimate of drug-likeness (QED) is 0.490. The van der Waals surface area contributed by atoms with E-state index in [1.807, 2.05) is 24.5 Å². The second-order valence-electron chi connectivity index (χ2n) is 7.74. The third kappa shape index (κ3) is 5.09. The van der Waals surface area contributed by atoms with Crippen LogP contribution in [0.3, 0.4) is 0 Å². The summed E-state index contributed by atoms with van der Waals surface area (Å²) < 4.78 is 51.9. The predicted octanol–water partition coefficient (Wildman–Crippen LogP) is 3.46. The summed E-state index contributed by atoms with van der Waals surface area (Å²) >= 11 is 3.01. The topological polar surface area (TPSA) is 114 Å². The van der Waals surface area contributed by atoms with Gasteiger partial charge in [-0.05, 0) is 49.4 Å². The van der Waals surface area contributed by atoms with Crippen LogP contribution in [0.25, 0.3) is 10.2 Å². The van der Waals surface area contributed by atoms with Crippen molar-refractivity contribution in [3.8, 4) is 0 Å². The number of hydrogen-bond acceptors (Lipinski definition) is 8. The molecule has 12 heteroatoms. The molecule has 0 aliphatic carbocycles. The molecule has 0 radical (unpaired) electrons. The normalized spacial score (nSPS) is 16.2. The zero-order valence-electron chi connectivity index (χ0n) is 18.0. The fourth-order valence-electron chi connectivity index (χ4n) is 3.72. The number of nitrogens with one attached hydrogen (secondary N) is 1. The average molecular weight is 526 g/mol. The van der Waals surface area contributed by atoms with Crippen molar-refractivity contribution in [2.75, 3.05) is 30.9 Å². The minimum Gasteiger partial charge on any atom is -0.302 e. The second kappa shape index (κ2) is 9.34. The number of carbonyl (C=O) groups excluding carboxylic acids is 1. The van der Waals surface area contributed by atoms with Crippen LogP contribution in [0.4, 0.5) is 5.13 Å². The zero-order valence-corrected chi connectivity index (χ0v) is 21.3. The summed E-state index contributed by atoms with van der Waals surface area (Å²) in [7, 11) is -7.38. The number of nitrogens with zero attached hydrogens (tertiary/aromatic N) is 2. The molecule has 0 bridgehead atoms. The van der Waals surface area contributed by atoms with Crippen molar-refractivity contribution in [2.24, 2.45) is 5.92 Å². The number of anilines is 1. The Morgan fingerprint density at radius 1 is 1.09 bits per heavy atom. The van der Waals surface area contributed by atoms with Crippen molar-refractivity contribution in [1.29, 1.82) is 0 Å². The van der Waals surface area contributed by atoms with Gasteiger partial charge in [-0.25, -0.2) is 21.8 Å². The zero-order chi connectivity index (χ0) is 23.8. The third-order valence-electron chi connectivity index (χ3n) is 5.53. The summed E-state index contributed by atoms with van der Waals surface area (Å²) in [6.07, 6.45) is 3.76. The Balaban J connectivity index is 1.43. The predicted molar refractivity (Wildman–Crippen MR) is 131 cm³/mol. The number of rotatable bonds is 6. The molecule has 1 saturated heterocycles. The van der Waals surface area contributed by atoms with E-state index in [1.165, 1.54) is 39.9 Å². The highest BCUT2D eigenvalue weighted by molar-refractivity contribution is 7.98. The van der Waals surface area contributed by atoms with Gasteiger partial charge in [-0.3, -0.25) is 4.79 Å². The summed E-state index contributed by atoms with van der Waals surface area (Å²) in [6.45, 7) is 0.361. The Kier molecular flexibility index (Phi) is 6.83. The summed E-state index contributed by atoms with van der Waals surface area (Å²) in [5, 5.41) is 3.42. The van der Waals surface area contributed by atoms with E-state index in [9.17, 15) is 21.6 Å². The van der Waals surface area contributed by atoms with E-state index in [0.29, 0.717) is 18.0 Å². The van der Waals surface area contributed by atoms with Gasteiger partial charge in [-0.1, -0.05) is 23.5 Å². The van der Waals surface area contributed by atoms with Gasteiger partial charge in [0.25, 0.3) is 0 Å². The molecule has 1 aromatic heterocycles. The molecule has 4 rings (SSSR count). The lowest BCUT2D eigenvalue weighted by atomic mass is 9.97. The maximum atomic E-state index is 13.0. The van der Waals surface area contributed by atoms with Gasteiger partial charge < -0.3 is 5.32 Å². The first-order valence-corrected chi connectivity index (χ1v) is 15.5. The van der Waals surface area contributed by atoms with Crippen LogP contribution in [0.15, 0.2) is 57.2 Å². The average Bonchev–Trinajstić information content (AvgIpc) is 3.21. The molecule has 0 spiro atoms. The Hall–Kier alpha value is -1.99. The number of sulfone groups is 1. The monoisotopic (exact) mass is 525 g/mol. The SMILES string of the molecule is CSc1cccc2sc(NC(=O)C3CCN(S(=O)(=O)c4cccc(S(C)(=O)=O)c4)CC3)nc12. The number of sulfonamides is 1. The van der Waals surface area contributed by atoms with Gasteiger partial charge in [-0.15, -0.1) is 11.8 Å². The van der Waals surface area contributed by atoms with Gasteiger partial charge in [0.15, 0.2) is 15.0 Å². The molecule has 1 aliphatic rings. The first-order valence-electron chi connectivity index (χ1n) is 10.1. The summed E-state index contributed by atoms with van der Waals surface area (Å²) in [5.41, 5.74) is 0.863. The standard InChI is InChI=1S/C21H23N3O5S4/c1-30-17-7-4-8-18-19(17)22-21(31-18)23-20(25)14-9-11-24(12-10-14)33(28,29)16-6-3-5-15(13-16)32(2,26)27/h3-8,13-14H,9-12H2,1-2H3,(H,22,23,25). The maximum Gasteiger partial charge on any atom is 0.243 e. The highest BCUT2D eigenvalue weighted by atomic mass is 32.2. The van der Waals surface area contributed by atoms with Crippen LogP contribution in [0.5, 0.6) is 0 Å². The van der Waals surface area contributed by atoms with Gasteiger partial charge in [0.05, 0.1) is 20.0 Å². The number of piperidine rings is 1. The van der Waals surface area contributed by atoms with Crippen LogP contribution < -0.4 is 5.32 Å². The van der Waals surface area contributed by atoms with Crippen molar-refractivity contribution < 1.29 is 21.6 Å². The molecule has 2 aromatic carbocycles. The van der Waals surface area contributed by atoms with Crippen molar-refractivity contribution >= 4 is 64.2 Å². The van der Waals surface area contributed by atoms with Gasteiger partial charge in [0, 0.05) is 30.2 Å². The summed E-state index contributed by atoms with van der Waals surface area (Å²) in [5.74, 6) is -0.498. The highest BCUT2D eigenvalue weighted by Crippen LogP contribution is 2.33. The summed E-state index contributed by atoms with van der Waals surface area (Å²) in [6, 6.07) is 11.3. The van der Waals surface area contributed by atoms with E-state index in [4.69, 9.17) is 0 Å². The number of amides is 1. The molecule has 8 nitrogen and oxygen atoms in total. The molecule has 1 fully saturated rings. The Labute approximate surface area is 201 Å². The Morgan fingerprint density at radius 3 is 2.42 bits per heavy atom. The van der Waals surface area contributed by atoms with Crippen LogP contribution >= 0.6 is 23.1 Å². The molecule has 0 unspecified atom stereocenters. The van der Waals surface area contributed by atoms with Crippen molar-refractivity contribution in [3.05, 3.63) is 42.5 Å². The molecule has 0 saturated carbocycles. The van der Waals surface area contributed by atoms with Crippen LogP contribution in [-0.4, -0.2) is 57.6 Å². The number of fused-ring (bicyclic) bond motifs is 1. The number of hydrogen-bond donors (Lipinski definition) is 1. The molecule has 2 heterocycles.